The van der Waals surface area contributed by atoms with Gasteiger partial charge >= 0.3 is 0 Å². The van der Waals surface area contributed by atoms with Crippen LogP contribution in [0, 0.1) is 6.92 Å². The van der Waals surface area contributed by atoms with E-state index in [9.17, 15) is 0 Å². The number of rotatable bonds is 7. The second-order valence-corrected chi connectivity index (χ2v) is 6.61. The third-order valence-corrected chi connectivity index (χ3v) is 4.90. The van der Waals surface area contributed by atoms with Gasteiger partial charge in [0.05, 0.1) is 19.9 Å². The van der Waals surface area contributed by atoms with Gasteiger partial charge in [0.2, 0.25) is 0 Å². The van der Waals surface area contributed by atoms with Crippen LogP contribution in [0.2, 0.25) is 0 Å². The molecule has 0 spiro atoms. The number of benzene rings is 1. The number of methoxy groups -OCH3 is 1. The molecule has 0 aliphatic rings. The summed E-state index contributed by atoms with van der Waals surface area (Å²) in [6.45, 7) is 6.42. The molecule has 0 amide bonds. The van der Waals surface area contributed by atoms with Crippen LogP contribution in [0.1, 0.15) is 23.9 Å². The predicted molar refractivity (Wildman–Crippen MR) is 109 cm³/mol. The first-order valence-electron chi connectivity index (χ1n) is 8.82. The first-order valence-corrected chi connectivity index (χ1v) is 9.23. The number of aryl methyl sites for hydroxylation is 1. The Labute approximate surface area is 159 Å². The molecule has 0 saturated heterocycles. The van der Waals surface area contributed by atoms with Gasteiger partial charge in [-0.2, -0.15) is 0 Å². The van der Waals surface area contributed by atoms with Crippen molar-refractivity contribution in [2.24, 2.45) is 0 Å². The van der Waals surface area contributed by atoms with Gasteiger partial charge in [-0.25, -0.2) is 0 Å². The Morgan fingerprint density at radius 1 is 1.35 bits per heavy atom. The summed E-state index contributed by atoms with van der Waals surface area (Å²) in [5.41, 5.74) is 3.60. The van der Waals surface area contributed by atoms with E-state index >= 15 is 0 Å². The quantitative estimate of drug-likeness (QED) is 0.615. The molecule has 0 unspecified atom stereocenters. The number of hydrogen-bond acceptors (Lipinski definition) is 3. The number of H-pyrrole nitrogens is 1. The van der Waals surface area contributed by atoms with Gasteiger partial charge < -0.3 is 24.4 Å². The van der Waals surface area contributed by atoms with Crippen LogP contribution in [0.5, 0.6) is 5.75 Å². The molecule has 0 bridgehead atoms. The number of furan rings is 1. The van der Waals surface area contributed by atoms with Crippen molar-refractivity contribution in [3.63, 3.8) is 0 Å². The number of thiocarbonyl (C=S) groups is 1. The Morgan fingerprint density at radius 2 is 2.19 bits per heavy atom. The maximum Gasteiger partial charge on any atom is 0.169 e. The molecule has 0 fully saturated rings. The maximum absolute atomic E-state index is 5.56. The minimum absolute atomic E-state index is 0.656. The summed E-state index contributed by atoms with van der Waals surface area (Å²) in [5.74, 6) is 1.77. The molecule has 2 heterocycles. The highest BCUT2D eigenvalue weighted by Crippen LogP contribution is 2.27. The summed E-state index contributed by atoms with van der Waals surface area (Å²) in [4.78, 5) is 5.61. The van der Waals surface area contributed by atoms with Gasteiger partial charge in [0.1, 0.15) is 11.5 Å². The fourth-order valence-electron chi connectivity index (χ4n) is 3.16. The van der Waals surface area contributed by atoms with E-state index in [0.717, 1.165) is 41.6 Å². The molecule has 138 valence electrons. The number of nitrogens with one attached hydrogen (secondary N) is 2. The topological polar surface area (TPSA) is 53.4 Å². The highest BCUT2D eigenvalue weighted by Gasteiger charge is 2.15. The van der Waals surface area contributed by atoms with E-state index in [1.165, 1.54) is 16.6 Å². The molecular formula is C20H25N3O2S. The van der Waals surface area contributed by atoms with Crippen molar-refractivity contribution in [2.75, 3.05) is 20.2 Å². The van der Waals surface area contributed by atoms with Gasteiger partial charge in [-0.3, -0.25) is 0 Å². The molecule has 3 aromatic rings. The first kappa shape index (κ1) is 18.3. The normalized spacial score (nSPS) is 10.9. The van der Waals surface area contributed by atoms with Gasteiger partial charge in [-0.05, 0) is 68.4 Å². The molecule has 0 saturated carbocycles. The van der Waals surface area contributed by atoms with Crippen molar-refractivity contribution in [1.29, 1.82) is 0 Å². The average Bonchev–Trinajstić information content (AvgIpc) is 3.25. The first-order chi connectivity index (χ1) is 12.6. The van der Waals surface area contributed by atoms with Crippen LogP contribution in [0.3, 0.4) is 0 Å². The predicted octanol–water partition coefficient (Wildman–Crippen LogP) is 4.02. The molecule has 3 rings (SSSR count). The molecule has 0 atom stereocenters. The van der Waals surface area contributed by atoms with Gasteiger partial charge in [-0.1, -0.05) is 0 Å². The summed E-state index contributed by atoms with van der Waals surface area (Å²) in [5, 5.41) is 5.20. The second kappa shape index (κ2) is 8.27. The zero-order valence-electron chi connectivity index (χ0n) is 15.5. The third kappa shape index (κ3) is 4.02. The SMILES string of the molecule is CCNC(=S)N(CCc1c(C)[nH]c2ccc(OC)cc12)Cc1ccco1. The number of fused-ring (bicyclic) bond motifs is 1. The van der Waals surface area contributed by atoms with Crippen molar-refractivity contribution in [2.45, 2.75) is 26.8 Å². The minimum Gasteiger partial charge on any atom is -0.497 e. The number of hydrogen-bond donors (Lipinski definition) is 2. The molecular weight excluding hydrogens is 346 g/mol. The van der Waals surface area contributed by atoms with E-state index in [-0.39, 0.29) is 0 Å². The summed E-state index contributed by atoms with van der Waals surface area (Å²) >= 11 is 5.56. The fourth-order valence-corrected chi connectivity index (χ4v) is 3.46. The Morgan fingerprint density at radius 3 is 2.88 bits per heavy atom. The average molecular weight is 372 g/mol. The molecule has 1 aromatic carbocycles. The molecule has 0 aliphatic carbocycles. The number of aromatic amines is 1. The molecule has 2 aromatic heterocycles. The lowest BCUT2D eigenvalue weighted by molar-refractivity contribution is 0.360. The maximum atomic E-state index is 5.56. The van der Waals surface area contributed by atoms with Gasteiger partial charge in [0.15, 0.2) is 5.11 Å². The van der Waals surface area contributed by atoms with Crippen molar-refractivity contribution in [3.05, 3.63) is 53.6 Å². The molecule has 2 N–H and O–H groups in total. The lowest BCUT2D eigenvalue weighted by Gasteiger charge is -2.24. The zero-order valence-corrected chi connectivity index (χ0v) is 16.3. The van der Waals surface area contributed by atoms with Crippen molar-refractivity contribution in [1.82, 2.24) is 15.2 Å². The summed E-state index contributed by atoms with van der Waals surface area (Å²) < 4.78 is 10.9. The van der Waals surface area contributed by atoms with Crippen LogP contribution in [0.4, 0.5) is 0 Å². The molecule has 0 radical (unpaired) electrons. The van der Waals surface area contributed by atoms with Crippen LogP contribution < -0.4 is 10.1 Å². The minimum atomic E-state index is 0.656. The lowest BCUT2D eigenvalue weighted by atomic mass is 10.1. The van der Waals surface area contributed by atoms with Gasteiger partial charge in [0, 0.05) is 29.7 Å². The largest absolute Gasteiger partial charge is 0.497 e. The van der Waals surface area contributed by atoms with E-state index in [1.807, 2.05) is 25.1 Å². The summed E-state index contributed by atoms with van der Waals surface area (Å²) in [6, 6.07) is 10.0. The Balaban J connectivity index is 1.80. The van der Waals surface area contributed by atoms with Crippen LogP contribution >= 0.6 is 12.2 Å². The number of aromatic nitrogens is 1. The third-order valence-electron chi connectivity index (χ3n) is 4.50. The van der Waals surface area contributed by atoms with E-state index in [4.69, 9.17) is 21.4 Å². The molecule has 26 heavy (non-hydrogen) atoms. The molecule has 5 nitrogen and oxygen atoms in total. The summed E-state index contributed by atoms with van der Waals surface area (Å²) in [7, 11) is 1.69. The monoisotopic (exact) mass is 371 g/mol. The molecule has 6 heteroatoms. The van der Waals surface area contributed by atoms with Crippen molar-refractivity contribution >= 4 is 28.2 Å². The Bertz CT molecular complexity index is 871. The van der Waals surface area contributed by atoms with Gasteiger partial charge in [-0.15, -0.1) is 0 Å². The lowest BCUT2D eigenvalue weighted by Crippen LogP contribution is -2.40. The Hall–Kier alpha value is -2.47. The molecule has 0 aliphatic heterocycles. The zero-order chi connectivity index (χ0) is 18.5. The van der Waals surface area contributed by atoms with E-state index in [1.54, 1.807) is 13.4 Å². The van der Waals surface area contributed by atoms with E-state index < -0.39 is 0 Å². The van der Waals surface area contributed by atoms with Crippen molar-refractivity contribution in [3.8, 4) is 5.75 Å². The highest BCUT2D eigenvalue weighted by molar-refractivity contribution is 7.80. The van der Waals surface area contributed by atoms with E-state index in [0.29, 0.717) is 6.54 Å². The van der Waals surface area contributed by atoms with Crippen LogP contribution in [-0.4, -0.2) is 35.2 Å². The fraction of sp³-hybridized carbons (Fsp3) is 0.350. The van der Waals surface area contributed by atoms with Crippen molar-refractivity contribution < 1.29 is 9.15 Å². The number of ether oxygens (including phenoxy) is 1. The standard InChI is InChI=1S/C20H25N3O2S/c1-4-21-20(26)23(13-16-6-5-11-25-16)10-9-17-14(2)22-19-8-7-15(24-3)12-18(17)19/h5-8,11-12,22H,4,9-10,13H2,1-3H3,(H,21,26). The smallest absolute Gasteiger partial charge is 0.169 e. The second-order valence-electron chi connectivity index (χ2n) is 6.23. The summed E-state index contributed by atoms with van der Waals surface area (Å²) in [6.07, 6.45) is 2.57. The Kier molecular flexibility index (Phi) is 5.83. The highest BCUT2D eigenvalue weighted by atomic mass is 32.1. The van der Waals surface area contributed by atoms with E-state index in [2.05, 4.69) is 34.3 Å². The van der Waals surface area contributed by atoms with Crippen LogP contribution in [-0.2, 0) is 13.0 Å². The van der Waals surface area contributed by atoms with Crippen LogP contribution in [0.15, 0.2) is 41.0 Å². The number of nitrogens with zero attached hydrogens (tertiary/aromatic N) is 1. The van der Waals surface area contributed by atoms with Crippen LogP contribution in [0.25, 0.3) is 10.9 Å². The van der Waals surface area contributed by atoms with Gasteiger partial charge in [0.25, 0.3) is 0 Å².